The van der Waals surface area contributed by atoms with Crippen LogP contribution in [0.1, 0.15) is 10.7 Å². The first kappa shape index (κ1) is 18.6. The summed E-state index contributed by atoms with van der Waals surface area (Å²) in [6, 6.07) is 10.8. The fraction of sp³-hybridized carbons (Fsp3) is 0.111. The maximum atomic E-state index is 12.4. The van der Waals surface area contributed by atoms with Crippen LogP contribution in [-0.4, -0.2) is 27.8 Å². The van der Waals surface area contributed by atoms with Crippen LogP contribution in [-0.2, 0) is 4.79 Å². The highest BCUT2D eigenvalue weighted by Gasteiger charge is 2.13. The molecule has 3 rings (SSSR count). The van der Waals surface area contributed by atoms with Crippen molar-refractivity contribution in [2.75, 3.05) is 12.4 Å². The second kappa shape index (κ2) is 8.03. The van der Waals surface area contributed by atoms with Gasteiger partial charge in [-0.2, -0.15) is 5.26 Å². The molecule has 0 saturated heterocycles. The van der Waals surface area contributed by atoms with Crippen LogP contribution in [0.3, 0.4) is 0 Å². The van der Waals surface area contributed by atoms with Crippen molar-refractivity contribution >= 4 is 40.1 Å². The summed E-state index contributed by atoms with van der Waals surface area (Å²) in [4.78, 5) is 12.4. The molecule has 0 fully saturated rings. The zero-order chi connectivity index (χ0) is 19.4. The SMILES string of the molecule is COc1ccc(-n2cccc2/C=C(/C#N)C(=O)Nc2nnc(C)s2)cc1Cl. The maximum Gasteiger partial charge on any atom is 0.268 e. The van der Waals surface area contributed by atoms with Crippen LogP contribution < -0.4 is 10.1 Å². The number of rotatable bonds is 5. The number of hydrogen-bond donors (Lipinski definition) is 1. The van der Waals surface area contributed by atoms with E-state index in [9.17, 15) is 10.1 Å². The average Bonchev–Trinajstić information content (AvgIpc) is 3.28. The Labute approximate surface area is 164 Å². The number of carbonyl (C=O) groups is 1. The first-order valence-electron chi connectivity index (χ1n) is 7.76. The number of carbonyl (C=O) groups excluding carboxylic acids is 1. The third-order valence-electron chi connectivity index (χ3n) is 3.60. The van der Waals surface area contributed by atoms with E-state index in [-0.39, 0.29) is 5.57 Å². The van der Waals surface area contributed by atoms with Gasteiger partial charge in [-0.15, -0.1) is 10.2 Å². The van der Waals surface area contributed by atoms with Crippen molar-refractivity contribution < 1.29 is 9.53 Å². The summed E-state index contributed by atoms with van der Waals surface area (Å²) in [6.45, 7) is 1.78. The molecule has 0 unspecified atom stereocenters. The van der Waals surface area contributed by atoms with Gasteiger partial charge in [0, 0.05) is 17.6 Å². The molecule has 27 heavy (non-hydrogen) atoms. The Kier molecular flexibility index (Phi) is 5.54. The van der Waals surface area contributed by atoms with Gasteiger partial charge in [0.05, 0.1) is 12.1 Å². The van der Waals surface area contributed by atoms with Gasteiger partial charge in [0.25, 0.3) is 5.91 Å². The number of ether oxygens (including phenoxy) is 1. The second-order valence-electron chi connectivity index (χ2n) is 5.37. The Balaban J connectivity index is 1.90. The molecule has 2 aromatic heterocycles. The number of aromatic nitrogens is 3. The van der Waals surface area contributed by atoms with E-state index >= 15 is 0 Å². The van der Waals surface area contributed by atoms with Gasteiger partial charge in [0.1, 0.15) is 22.4 Å². The quantitative estimate of drug-likeness (QED) is 0.519. The normalized spacial score (nSPS) is 11.1. The van der Waals surface area contributed by atoms with Crippen LogP contribution in [0.15, 0.2) is 42.1 Å². The Morgan fingerprint density at radius 1 is 1.41 bits per heavy atom. The number of nitrogens with zero attached hydrogens (tertiary/aromatic N) is 4. The first-order valence-corrected chi connectivity index (χ1v) is 8.96. The minimum absolute atomic E-state index is 0.0533. The summed E-state index contributed by atoms with van der Waals surface area (Å²) in [6.07, 6.45) is 3.31. The lowest BCUT2D eigenvalue weighted by atomic mass is 10.2. The molecule has 0 saturated carbocycles. The van der Waals surface area contributed by atoms with Gasteiger partial charge < -0.3 is 9.30 Å². The molecule has 9 heteroatoms. The molecule has 1 aromatic carbocycles. The molecule has 0 aliphatic carbocycles. The van der Waals surface area contributed by atoms with Gasteiger partial charge in [0.2, 0.25) is 5.13 Å². The van der Waals surface area contributed by atoms with E-state index in [0.717, 1.165) is 10.7 Å². The van der Waals surface area contributed by atoms with Crippen molar-refractivity contribution in [3.8, 4) is 17.5 Å². The highest BCUT2D eigenvalue weighted by atomic mass is 35.5. The predicted octanol–water partition coefficient (Wildman–Crippen LogP) is 3.84. The van der Waals surface area contributed by atoms with Crippen LogP contribution >= 0.6 is 22.9 Å². The molecule has 0 radical (unpaired) electrons. The number of halogens is 1. The number of nitriles is 1. The Hall–Kier alpha value is -3.15. The van der Waals surface area contributed by atoms with Crippen molar-refractivity contribution in [1.82, 2.24) is 14.8 Å². The molecule has 0 spiro atoms. The number of anilines is 1. The van der Waals surface area contributed by atoms with Crippen LogP contribution in [0.2, 0.25) is 5.02 Å². The number of benzene rings is 1. The molecule has 7 nitrogen and oxygen atoms in total. The lowest BCUT2D eigenvalue weighted by Gasteiger charge is -2.10. The van der Waals surface area contributed by atoms with E-state index in [4.69, 9.17) is 16.3 Å². The van der Waals surface area contributed by atoms with Crippen LogP contribution in [0.25, 0.3) is 11.8 Å². The van der Waals surface area contributed by atoms with Gasteiger partial charge in [-0.3, -0.25) is 10.1 Å². The zero-order valence-electron chi connectivity index (χ0n) is 14.4. The largest absolute Gasteiger partial charge is 0.495 e. The summed E-state index contributed by atoms with van der Waals surface area (Å²) in [5.41, 5.74) is 1.37. The molecule has 0 atom stereocenters. The summed E-state index contributed by atoms with van der Waals surface area (Å²) in [5.74, 6) is 0.0169. The first-order chi connectivity index (χ1) is 13.0. The summed E-state index contributed by atoms with van der Waals surface area (Å²) >= 11 is 7.43. The standard InChI is InChI=1S/C18H14ClN5O2S/c1-11-22-23-18(27-11)21-17(25)12(10-20)8-13-4-3-7-24(13)14-5-6-16(26-2)15(19)9-14/h3-9H,1-2H3,(H,21,23,25)/b12-8-. The predicted molar refractivity (Wildman–Crippen MR) is 104 cm³/mol. The molecule has 1 amide bonds. The van der Waals surface area contributed by atoms with Crippen LogP contribution in [0.5, 0.6) is 5.75 Å². The number of methoxy groups -OCH3 is 1. The van der Waals surface area contributed by atoms with E-state index in [1.807, 2.05) is 29.0 Å². The minimum atomic E-state index is -0.547. The molecule has 2 heterocycles. The molecule has 136 valence electrons. The van der Waals surface area contributed by atoms with Gasteiger partial charge in [-0.05, 0) is 43.3 Å². The van der Waals surface area contributed by atoms with Gasteiger partial charge in [-0.25, -0.2) is 0 Å². The van der Waals surface area contributed by atoms with E-state index in [1.165, 1.54) is 17.4 Å². The minimum Gasteiger partial charge on any atom is -0.495 e. The van der Waals surface area contributed by atoms with Gasteiger partial charge >= 0.3 is 0 Å². The van der Waals surface area contributed by atoms with Gasteiger partial charge in [-0.1, -0.05) is 22.9 Å². The summed E-state index contributed by atoms with van der Waals surface area (Å²) in [7, 11) is 1.54. The van der Waals surface area contributed by atoms with Crippen molar-refractivity contribution in [3.63, 3.8) is 0 Å². The van der Waals surface area contributed by atoms with E-state index < -0.39 is 5.91 Å². The average molecular weight is 400 g/mol. The Morgan fingerprint density at radius 2 is 2.22 bits per heavy atom. The van der Waals surface area contributed by atoms with E-state index in [0.29, 0.717) is 21.6 Å². The molecule has 0 aliphatic rings. The highest BCUT2D eigenvalue weighted by Crippen LogP contribution is 2.27. The van der Waals surface area contributed by atoms with Gasteiger partial charge in [0.15, 0.2) is 0 Å². The lowest BCUT2D eigenvalue weighted by molar-refractivity contribution is -0.112. The Morgan fingerprint density at radius 3 is 2.85 bits per heavy atom. The number of nitrogens with one attached hydrogen (secondary N) is 1. The second-order valence-corrected chi connectivity index (χ2v) is 6.96. The number of aryl methyl sites for hydroxylation is 1. The van der Waals surface area contributed by atoms with E-state index in [1.54, 1.807) is 32.2 Å². The maximum absolute atomic E-state index is 12.4. The molecular formula is C18H14ClN5O2S. The molecule has 0 aliphatic heterocycles. The number of hydrogen-bond acceptors (Lipinski definition) is 6. The smallest absolute Gasteiger partial charge is 0.268 e. The van der Waals surface area contributed by atoms with E-state index in [2.05, 4.69) is 15.5 Å². The molecule has 0 bridgehead atoms. The van der Waals surface area contributed by atoms with Crippen LogP contribution in [0, 0.1) is 18.3 Å². The summed E-state index contributed by atoms with van der Waals surface area (Å²) in [5, 5.41) is 21.2. The molecule has 1 N–H and O–H groups in total. The fourth-order valence-electron chi connectivity index (χ4n) is 2.36. The third kappa shape index (κ3) is 4.16. The summed E-state index contributed by atoms with van der Waals surface area (Å²) < 4.78 is 6.97. The van der Waals surface area contributed by atoms with Crippen molar-refractivity contribution in [2.24, 2.45) is 0 Å². The van der Waals surface area contributed by atoms with Crippen molar-refractivity contribution in [2.45, 2.75) is 6.92 Å². The lowest BCUT2D eigenvalue weighted by Crippen LogP contribution is -2.13. The molecule has 3 aromatic rings. The highest BCUT2D eigenvalue weighted by molar-refractivity contribution is 7.15. The molecular weight excluding hydrogens is 386 g/mol. The van der Waals surface area contributed by atoms with Crippen LogP contribution in [0.4, 0.5) is 5.13 Å². The Bertz CT molecular complexity index is 1060. The third-order valence-corrected chi connectivity index (χ3v) is 4.65. The van der Waals surface area contributed by atoms with Crippen molar-refractivity contribution in [1.29, 1.82) is 5.26 Å². The zero-order valence-corrected chi connectivity index (χ0v) is 16.0. The number of amides is 1. The topological polar surface area (TPSA) is 92.8 Å². The van der Waals surface area contributed by atoms with Crippen molar-refractivity contribution in [3.05, 3.63) is 57.8 Å². The monoisotopic (exact) mass is 399 g/mol. The fourth-order valence-corrected chi connectivity index (χ4v) is 3.20.